The van der Waals surface area contributed by atoms with Gasteiger partial charge in [-0.05, 0) is 65.2 Å². The van der Waals surface area contributed by atoms with Crippen LogP contribution < -0.4 is 15.2 Å². The van der Waals surface area contributed by atoms with Crippen LogP contribution in [-0.4, -0.2) is 49.1 Å². The van der Waals surface area contributed by atoms with Crippen LogP contribution >= 0.6 is 7.60 Å². The molecule has 1 aromatic carbocycles. The Morgan fingerprint density at radius 3 is 2.32 bits per heavy atom. The zero-order chi connectivity index (χ0) is 23.5. The molecule has 2 amide bonds. The van der Waals surface area contributed by atoms with Crippen LogP contribution in [0.25, 0.3) is 0 Å². The molecular formula is C21H35N2O7P. The van der Waals surface area contributed by atoms with Crippen molar-refractivity contribution < 1.29 is 33.0 Å². The van der Waals surface area contributed by atoms with E-state index in [9.17, 15) is 19.3 Å². The molecule has 176 valence electrons. The minimum atomic E-state index is -3.29. The normalized spacial score (nSPS) is 13.2. The molecule has 0 aliphatic heterocycles. The van der Waals surface area contributed by atoms with Crippen LogP contribution in [0.3, 0.4) is 0 Å². The van der Waals surface area contributed by atoms with Crippen molar-refractivity contribution in [3.8, 4) is 5.75 Å². The molecular weight excluding hydrogens is 423 g/mol. The lowest BCUT2D eigenvalue weighted by molar-refractivity contribution is 0.0527. The molecule has 0 heterocycles. The van der Waals surface area contributed by atoms with Crippen LogP contribution in [0.15, 0.2) is 18.2 Å². The van der Waals surface area contributed by atoms with Crippen molar-refractivity contribution in [1.82, 2.24) is 10.6 Å². The third-order valence-electron chi connectivity index (χ3n) is 3.93. The van der Waals surface area contributed by atoms with Gasteiger partial charge in [-0.25, -0.2) is 9.36 Å². The molecule has 0 aliphatic carbocycles. The molecule has 0 radical (unpaired) electrons. The number of carbonyl (C=O) groups excluding carboxylic acids is 2. The number of benzene rings is 1. The van der Waals surface area contributed by atoms with Crippen molar-refractivity contribution in [2.45, 2.75) is 59.2 Å². The minimum absolute atomic E-state index is 0.218. The van der Waals surface area contributed by atoms with Crippen molar-refractivity contribution in [3.05, 3.63) is 29.3 Å². The molecule has 1 rings (SSSR count). The van der Waals surface area contributed by atoms with Gasteiger partial charge < -0.3 is 29.5 Å². The average molecular weight is 458 g/mol. The first-order chi connectivity index (χ1) is 14.5. The van der Waals surface area contributed by atoms with Crippen LogP contribution in [0.5, 0.6) is 5.75 Å². The monoisotopic (exact) mass is 458 g/mol. The van der Waals surface area contributed by atoms with Crippen molar-refractivity contribution in [3.63, 3.8) is 0 Å². The van der Waals surface area contributed by atoms with Gasteiger partial charge in [0, 0.05) is 30.9 Å². The van der Waals surface area contributed by atoms with E-state index < -0.39 is 19.3 Å². The minimum Gasteiger partial charge on any atom is -0.444 e. The molecule has 31 heavy (non-hydrogen) atoms. The first-order valence-corrected chi connectivity index (χ1v) is 12.4. The SMILES string of the molecule is CCOP(C)(=O)Oc1ccc(C(=O)NCCCCCNC(=O)OC(C)(C)C)cc1CO. The highest BCUT2D eigenvalue weighted by molar-refractivity contribution is 7.53. The molecule has 0 bridgehead atoms. The first kappa shape index (κ1) is 26.9. The Labute approximate surface area is 184 Å². The van der Waals surface area contributed by atoms with Gasteiger partial charge >= 0.3 is 13.7 Å². The van der Waals surface area contributed by atoms with Crippen molar-refractivity contribution in [1.29, 1.82) is 0 Å². The summed E-state index contributed by atoms with van der Waals surface area (Å²) >= 11 is 0. The molecule has 1 unspecified atom stereocenters. The Bertz CT molecular complexity index is 777. The number of aliphatic hydroxyl groups excluding tert-OH is 1. The van der Waals surface area contributed by atoms with Crippen LogP contribution in [0.1, 0.15) is 62.9 Å². The maximum Gasteiger partial charge on any atom is 0.407 e. The fourth-order valence-corrected chi connectivity index (χ4v) is 3.67. The fourth-order valence-electron chi connectivity index (χ4n) is 2.61. The van der Waals surface area contributed by atoms with Gasteiger partial charge in [-0.15, -0.1) is 0 Å². The number of alkyl carbamates (subject to hydrolysis) is 1. The second-order valence-corrected chi connectivity index (χ2v) is 9.99. The molecule has 0 spiro atoms. The maximum absolute atomic E-state index is 12.3. The highest BCUT2D eigenvalue weighted by Gasteiger charge is 2.20. The number of hydrogen-bond donors (Lipinski definition) is 3. The van der Waals surface area contributed by atoms with Crippen molar-refractivity contribution in [2.24, 2.45) is 0 Å². The van der Waals surface area contributed by atoms with E-state index in [2.05, 4.69) is 10.6 Å². The summed E-state index contributed by atoms with van der Waals surface area (Å²) in [6.07, 6.45) is 1.91. The summed E-state index contributed by atoms with van der Waals surface area (Å²) in [6, 6.07) is 4.54. The Balaban J connectivity index is 2.40. The summed E-state index contributed by atoms with van der Waals surface area (Å²) in [4.78, 5) is 23.9. The van der Waals surface area contributed by atoms with E-state index in [1.165, 1.54) is 18.8 Å². The maximum atomic E-state index is 12.3. The van der Waals surface area contributed by atoms with Gasteiger partial charge in [-0.3, -0.25) is 4.79 Å². The Morgan fingerprint density at radius 1 is 1.10 bits per heavy atom. The number of ether oxygens (including phenoxy) is 1. The molecule has 10 heteroatoms. The third kappa shape index (κ3) is 11.2. The highest BCUT2D eigenvalue weighted by atomic mass is 31.2. The van der Waals surface area contributed by atoms with Crippen LogP contribution in [0.2, 0.25) is 0 Å². The van der Waals surface area contributed by atoms with E-state index >= 15 is 0 Å². The lowest BCUT2D eigenvalue weighted by atomic mass is 10.1. The summed E-state index contributed by atoms with van der Waals surface area (Å²) in [6.45, 7) is 9.33. The number of hydrogen-bond acceptors (Lipinski definition) is 7. The molecule has 0 aromatic heterocycles. The van der Waals surface area contributed by atoms with E-state index in [4.69, 9.17) is 13.8 Å². The standard InChI is InChI=1S/C21H35N2O7P/c1-6-28-31(5,27)30-18-11-10-16(14-17(18)15-24)19(25)22-12-8-7-9-13-23-20(26)29-21(2,3)4/h10-11,14,24H,6-9,12-13,15H2,1-5H3,(H,22,25)(H,23,26). The van der Waals surface area contributed by atoms with Crippen molar-refractivity contribution >= 4 is 19.6 Å². The smallest absolute Gasteiger partial charge is 0.407 e. The summed E-state index contributed by atoms with van der Waals surface area (Å²) < 4.78 is 27.8. The topological polar surface area (TPSA) is 123 Å². The van der Waals surface area contributed by atoms with E-state index in [0.29, 0.717) is 24.2 Å². The van der Waals surface area contributed by atoms with Gasteiger partial charge in [0.15, 0.2) is 0 Å². The second-order valence-electron chi connectivity index (χ2n) is 8.01. The Kier molecular flexibility index (Phi) is 11.0. The molecule has 1 aromatic rings. The molecule has 0 saturated carbocycles. The number of amides is 2. The van der Waals surface area contributed by atoms with Crippen LogP contribution in [0.4, 0.5) is 4.79 Å². The lowest BCUT2D eigenvalue weighted by Gasteiger charge is -2.19. The largest absolute Gasteiger partial charge is 0.444 e. The Morgan fingerprint density at radius 2 is 1.74 bits per heavy atom. The summed E-state index contributed by atoms with van der Waals surface area (Å²) in [7, 11) is -3.29. The number of carbonyl (C=O) groups is 2. The summed E-state index contributed by atoms with van der Waals surface area (Å²) in [5, 5.41) is 15.1. The predicted octanol–water partition coefficient (Wildman–Crippen LogP) is 3.84. The van der Waals surface area contributed by atoms with Gasteiger partial charge in [0.25, 0.3) is 5.91 Å². The molecule has 3 N–H and O–H groups in total. The molecule has 0 fully saturated rings. The van der Waals surface area contributed by atoms with Crippen LogP contribution in [-0.2, 0) is 20.4 Å². The van der Waals surface area contributed by atoms with Gasteiger partial charge in [-0.1, -0.05) is 0 Å². The third-order valence-corrected chi connectivity index (χ3v) is 5.18. The van der Waals surface area contributed by atoms with Gasteiger partial charge in [0.2, 0.25) is 0 Å². The fraction of sp³-hybridized carbons (Fsp3) is 0.619. The van der Waals surface area contributed by atoms with Crippen LogP contribution in [0, 0.1) is 0 Å². The average Bonchev–Trinajstić information content (AvgIpc) is 2.65. The highest BCUT2D eigenvalue weighted by Crippen LogP contribution is 2.45. The Hall–Kier alpha value is -2.09. The predicted molar refractivity (Wildman–Crippen MR) is 119 cm³/mol. The number of rotatable bonds is 12. The number of aliphatic hydroxyl groups is 1. The number of unbranched alkanes of at least 4 members (excludes halogenated alkanes) is 2. The molecule has 1 atom stereocenters. The molecule has 0 saturated heterocycles. The number of nitrogens with one attached hydrogen (secondary N) is 2. The second kappa shape index (κ2) is 12.7. The lowest BCUT2D eigenvalue weighted by Crippen LogP contribution is -2.33. The zero-order valence-electron chi connectivity index (χ0n) is 19.0. The van der Waals surface area contributed by atoms with E-state index in [-0.39, 0.29) is 24.9 Å². The molecule has 0 aliphatic rings. The van der Waals surface area contributed by atoms with E-state index in [1.807, 2.05) is 20.8 Å². The van der Waals surface area contributed by atoms with E-state index in [1.54, 1.807) is 13.0 Å². The van der Waals surface area contributed by atoms with Gasteiger partial charge in [-0.2, -0.15) is 0 Å². The first-order valence-electron chi connectivity index (χ1n) is 10.4. The molecule has 9 nitrogen and oxygen atoms in total. The van der Waals surface area contributed by atoms with Crippen molar-refractivity contribution in [2.75, 3.05) is 26.4 Å². The van der Waals surface area contributed by atoms with E-state index in [0.717, 1.165) is 19.3 Å². The quantitative estimate of drug-likeness (QED) is 0.321. The zero-order valence-corrected chi connectivity index (χ0v) is 19.9. The van der Waals surface area contributed by atoms with Gasteiger partial charge in [0.05, 0.1) is 13.2 Å². The summed E-state index contributed by atoms with van der Waals surface area (Å²) in [5.41, 5.74) is 0.196. The summed E-state index contributed by atoms with van der Waals surface area (Å²) in [5.74, 6) is -0.0616. The van der Waals surface area contributed by atoms with Gasteiger partial charge in [0.1, 0.15) is 11.4 Å².